The minimum atomic E-state index is -0.0293. The highest BCUT2D eigenvalue weighted by molar-refractivity contribution is 9.11. The Morgan fingerprint density at radius 2 is 1.70 bits per heavy atom. The van der Waals surface area contributed by atoms with Crippen molar-refractivity contribution in [3.8, 4) is 23.7 Å². The first kappa shape index (κ1) is 44.7. The number of esters is 1. The first-order valence-corrected chi connectivity index (χ1v) is 23.2. The summed E-state index contributed by atoms with van der Waals surface area (Å²) in [4.78, 5) is 14.7. The maximum absolute atomic E-state index is 12.9. The van der Waals surface area contributed by atoms with E-state index in [-0.39, 0.29) is 17.5 Å². The summed E-state index contributed by atoms with van der Waals surface area (Å²) in [5.74, 6) is 17.0. The minimum absolute atomic E-state index is 0.0293. The van der Waals surface area contributed by atoms with Gasteiger partial charge in [-0.2, -0.15) is 0 Å². The highest BCUT2D eigenvalue weighted by atomic mass is 79.9. The van der Waals surface area contributed by atoms with Crippen molar-refractivity contribution in [1.29, 1.82) is 0 Å². The van der Waals surface area contributed by atoms with E-state index in [1.165, 1.54) is 63.4 Å². The van der Waals surface area contributed by atoms with E-state index < -0.39 is 0 Å². The molecule has 54 heavy (non-hydrogen) atoms. The molecule has 0 saturated heterocycles. The van der Waals surface area contributed by atoms with E-state index in [4.69, 9.17) is 4.74 Å². The van der Waals surface area contributed by atoms with E-state index in [0.29, 0.717) is 17.8 Å². The molecule has 8 atom stereocenters. The Morgan fingerprint density at radius 1 is 0.963 bits per heavy atom. The molecule has 0 heterocycles. The Balaban J connectivity index is 1.16. The fourth-order valence-corrected chi connectivity index (χ4v) is 11.7. The molecule has 0 radical (unpaired) electrons. The van der Waals surface area contributed by atoms with Crippen LogP contribution in [0.3, 0.4) is 0 Å². The van der Waals surface area contributed by atoms with Gasteiger partial charge in [-0.15, -0.1) is 0 Å². The lowest BCUT2D eigenvalue weighted by Gasteiger charge is -2.58. The molecule has 0 aromatic carbocycles. The van der Waals surface area contributed by atoms with Crippen molar-refractivity contribution in [2.45, 2.75) is 163 Å². The zero-order valence-corrected chi connectivity index (χ0v) is 37.5. The van der Waals surface area contributed by atoms with E-state index in [1.807, 2.05) is 12.2 Å². The monoisotopic (exact) mass is 860 g/mol. The third-order valence-electron chi connectivity index (χ3n) is 14.3. The van der Waals surface area contributed by atoms with E-state index >= 15 is 0 Å². The molecule has 0 aromatic rings. The second-order valence-corrected chi connectivity index (χ2v) is 18.9. The Bertz CT molecular complexity index is 1520. The summed E-state index contributed by atoms with van der Waals surface area (Å²) >= 11 is 6.89. The molecule has 0 aromatic heterocycles. The molecule has 3 saturated carbocycles. The SMILES string of the molecule is C=C(CC[C@@H](C)[C@H]1CC[C@H]2[C@@H]3CC=C4C[C@@H](OC(=O)CCC/C=C(\Br)CCC#C/C=C/CC/C=C/C#C/C=C/Br)CC[C@]4(C)[C@H]3CC[C@]12C)C(CC)CC. The van der Waals surface area contributed by atoms with Crippen LogP contribution < -0.4 is 0 Å². The van der Waals surface area contributed by atoms with Gasteiger partial charge in [0.1, 0.15) is 6.10 Å². The smallest absolute Gasteiger partial charge is 0.306 e. The summed E-state index contributed by atoms with van der Waals surface area (Å²) in [6.07, 6.45) is 35.4. The van der Waals surface area contributed by atoms with Crippen molar-refractivity contribution in [1.82, 2.24) is 0 Å². The van der Waals surface area contributed by atoms with Gasteiger partial charge in [0.05, 0.1) is 0 Å². The summed E-state index contributed by atoms with van der Waals surface area (Å²) in [5.41, 5.74) is 3.86. The van der Waals surface area contributed by atoms with Gasteiger partial charge in [-0.1, -0.05) is 132 Å². The third-order valence-corrected chi connectivity index (χ3v) is 15.3. The van der Waals surface area contributed by atoms with Crippen molar-refractivity contribution >= 4 is 37.8 Å². The molecule has 0 bridgehead atoms. The predicted octanol–water partition coefficient (Wildman–Crippen LogP) is 14.9. The van der Waals surface area contributed by atoms with Crippen LogP contribution in [0.2, 0.25) is 0 Å². The summed E-state index contributed by atoms with van der Waals surface area (Å²) in [6, 6.07) is 0. The Hall–Kier alpha value is -2.01. The van der Waals surface area contributed by atoms with E-state index in [2.05, 4.69) is 121 Å². The highest BCUT2D eigenvalue weighted by Crippen LogP contribution is 2.67. The molecular formula is C50H70Br2O2. The lowest BCUT2D eigenvalue weighted by atomic mass is 9.47. The molecule has 0 unspecified atom stereocenters. The lowest BCUT2D eigenvalue weighted by molar-refractivity contribution is -0.151. The number of hydrogen-bond acceptors (Lipinski definition) is 2. The summed E-state index contributed by atoms with van der Waals surface area (Å²) < 4.78 is 7.28. The van der Waals surface area contributed by atoms with Crippen LogP contribution >= 0.6 is 31.9 Å². The Kier molecular flexibility index (Phi) is 18.8. The van der Waals surface area contributed by atoms with Gasteiger partial charge in [0.25, 0.3) is 0 Å². The maximum atomic E-state index is 12.9. The summed E-state index contributed by atoms with van der Waals surface area (Å²) in [7, 11) is 0. The van der Waals surface area contributed by atoms with Crippen molar-refractivity contribution in [2.24, 2.45) is 46.3 Å². The van der Waals surface area contributed by atoms with Crippen LogP contribution in [0, 0.1) is 70.0 Å². The molecule has 296 valence electrons. The minimum Gasteiger partial charge on any atom is -0.462 e. The van der Waals surface area contributed by atoms with Crippen LogP contribution in [0.5, 0.6) is 0 Å². The van der Waals surface area contributed by atoms with Crippen LogP contribution in [-0.2, 0) is 9.53 Å². The standard InChI is InChI=1S/C50H70Br2O2/c1-7-40(8-2)38(3)26-27-39(4)45-30-31-46-44-29-28-41-37-43(32-34-49(41,5)47(44)33-35-50(45,46)6)54-48(53)25-21-20-24-42(52)23-19-17-15-13-11-9-10-12-14-16-18-22-36-51/h11-14,22,24,28,36,39-40,43-47H,3,7-10,19-21,23,25-27,29-35,37H2,1-2,4-6H3/b13-11+,14-12+,36-22+,42-24-/t39-,43+,44+,45-,46+,47+,49+,50-/m1/s1. The van der Waals surface area contributed by atoms with Gasteiger partial charge in [-0.05, 0) is 177 Å². The second-order valence-electron chi connectivity index (χ2n) is 17.4. The lowest BCUT2D eigenvalue weighted by Crippen LogP contribution is -2.51. The zero-order chi connectivity index (χ0) is 39.0. The number of halogens is 2. The number of allylic oxidation sites excluding steroid dienone is 9. The number of rotatable bonds is 17. The van der Waals surface area contributed by atoms with E-state index in [0.717, 1.165) is 91.9 Å². The molecule has 0 spiro atoms. The number of carbonyl (C=O) groups excluding carboxylic acids is 1. The fraction of sp³-hybridized carbons (Fsp3) is 0.660. The van der Waals surface area contributed by atoms with Crippen molar-refractivity contribution in [3.63, 3.8) is 0 Å². The molecule has 4 aliphatic carbocycles. The van der Waals surface area contributed by atoms with Crippen LogP contribution in [-0.4, -0.2) is 12.1 Å². The second kappa shape index (κ2) is 22.7. The average molecular weight is 863 g/mol. The van der Waals surface area contributed by atoms with E-state index in [1.54, 1.807) is 16.6 Å². The molecule has 2 nitrogen and oxygen atoms in total. The van der Waals surface area contributed by atoms with E-state index in [9.17, 15) is 4.79 Å². The van der Waals surface area contributed by atoms with Gasteiger partial charge in [-0.3, -0.25) is 4.79 Å². The topological polar surface area (TPSA) is 26.3 Å². The molecule has 4 rings (SSSR count). The first-order valence-electron chi connectivity index (χ1n) is 21.5. The third kappa shape index (κ3) is 12.2. The van der Waals surface area contributed by atoms with Gasteiger partial charge < -0.3 is 4.74 Å². The van der Waals surface area contributed by atoms with Crippen molar-refractivity contribution < 1.29 is 9.53 Å². The number of fused-ring (bicyclic) bond motifs is 5. The number of hydrogen-bond donors (Lipinski definition) is 0. The molecule has 0 amide bonds. The molecule has 0 aliphatic heterocycles. The number of ether oxygens (including phenoxy) is 1. The molecular weight excluding hydrogens is 792 g/mol. The average Bonchev–Trinajstić information content (AvgIpc) is 3.52. The van der Waals surface area contributed by atoms with Crippen molar-refractivity contribution in [3.05, 3.63) is 69.7 Å². The van der Waals surface area contributed by atoms with Crippen LogP contribution in [0.25, 0.3) is 0 Å². The summed E-state index contributed by atoms with van der Waals surface area (Å²) in [5, 5.41) is 0. The summed E-state index contributed by atoms with van der Waals surface area (Å²) in [6.45, 7) is 17.0. The maximum Gasteiger partial charge on any atom is 0.306 e. The van der Waals surface area contributed by atoms with Gasteiger partial charge in [-0.25, -0.2) is 0 Å². The number of unbranched alkanes of at least 4 members (excludes halogenated alkanes) is 2. The highest BCUT2D eigenvalue weighted by Gasteiger charge is 2.59. The Morgan fingerprint density at radius 3 is 2.44 bits per heavy atom. The molecule has 4 aliphatic rings. The largest absolute Gasteiger partial charge is 0.462 e. The quantitative estimate of drug-likeness (QED) is 0.0630. The first-order chi connectivity index (χ1) is 26.1. The molecule has 0 N–H and O–H groups in total. The fourth-order valence-electron chi connectivity index (χ4n) is 11.2. The van der Waals surface area contributed by atoms with Gasteiger partial charge in [0, 0.05) is 19.3 Å². The normalized spacial score (nSPS) is 29.9. The van der Waals surface area contributed by atoms with Gasteiger partial charge in [0.2, 0.25) is 0 Å². The van der Waals surface area contributed by atoms with Crippen LogP contribution in [0.4, 0.5) is 0 Å². The van der Waals surface area contributed by atoms with Gasteiger partial charge >= 0.3 is 5.97 Å². The van der Waals surface area contributed by atoms with Crippen molar-refractivity contribution in [2.75, 3.05) is 0 Å². The zero-order valence-electron chi connectivity index (χ0n) is 34.4. The Labute approximate surface area is 347 Å². The molecule has 3 fully saturated rings. The van der Waals surface area contributed by atoms with Gasteiger partial charge in [0.15, 0.2) is 0 Å². The van der Waals surface area contributed by atoms with Crippen LogP contribution in [0.15, 0.2) is 69.7 Å². The number of carbonyl (C=O) groups is 1. The predicted molar refractivity (Wildman–Crippen MR) is 238 cm³/mol. The molecule has 4 heteroatoms. The van der Waals surface area contributed by atoms with Crippen LogP contribution in [0.1, 0.15) is 157 Å².